The lowest BCUT2D eigenvalue weighted by Gasteiger charge is -2.11. The number of carbonyl (C=O) groups excluding carboxylic acids is 1. The molecule has 3 aromatic rings. The van der Waals surface area contributed by atoms with Crippen LogP contribution in [-0.2, 0) is 4.79 Å². The summed E-state index contributed by atoms with van der Waals surface area (Å²) in [5.41, 5.74) is 2.17. The van der Waals surface area contributed by atoms with Crippen LogP contribution in [0.4, 0.5) is 5.69 Å². The van der Waals surface area contributed by atoms with Gasteiger partial charge in [0.25, 0.3) is 5.56 Å². The number of carbonyl (C=O) groups is 1. The van der Waals surface area contributed by atoms with Crippen molar-refractivity contribution in [3.8, 4) is 11.4 Å². The Morgan fingerprint density at radius 2 is 1.93 bits per heavy atom. The average molecular weight is 381 g/mol. The van der Waals surface area contributed by atoms with Gasteiger partial charge in [-0.1, -0.05) is 41.6 Å². The number of hydrogen-bond donors (Lipinski definition) is 1. The largest absolute Gasteiger partial charge is 0.495 e. The van der Waals surface area contributed by atoms with Crippen molar-refractivity contribution in [1.82, 2.24) is 9.55 Å². The van der Waals surface area contributed by atoms with Crippen LogP contribution < -0.4 is 15.6 Å². The smallest absolute Gasteiger partial charge is 0.287 e. The fourth-order valence-electron chi connectivity index (χ4n) is 2.48. The van der Waals surface area contributed by atoms with E-state index in [1.54, 1.807) is 25.4 Å². The van der Waals surface area contributed by atoms with Crippen molar-refractivity contribution in [1.29, 1.82) is 0 Å². The number of benzene rings is 2. The van der Waals surface area contributed by atoms with E-state index in [9.17, 15) is 9.59 Å². The van der Waals surface area contributed by atoms with E-state index in [1.807, 2.05) is 43.3 Å². The summed E-state index contributed by atoms with van der Waals surface area (Å²) in [5.74, 6) is 0.475. The van der Waals surface area contributed by atoms with Crippen LogP contribution in [0, 0.1) is 6.92 Å². The Morgan fingerprint density at radius 3 is 2.67 bits per heavy atom. The molecule has 7 heteroatoms. The van der Waals surface area contributed by atoms with E-state index in [0.29, 0.717) is 11.4 Å². The molecule has 0 aliphatic heterocycles. The predicted molar refractivity (Wildman–Crippen MR) is 107 cm³/mol. The Hall–Kier alpha value is -3.06. The van der Waals surface area contributed by atoms with Gasteiger partial charge in [-0.15, -0.1) is 0 Å². The summed E-state index contributed by atoms with van der Waals surface area (Å²) in [6.45, 7) is 1.98. The van der Waals surface area contributed by atoms with E-state index in [-0.39, 0.29) is 22.2 Å². The SMILES string of the molecule is COc1ccccc1-n1ccnc(SCC(=O)Nc2ccc(C)cc2)c1=O. The summed E-state index contributed by atoms with van der Waals surface area (Å²) in [6.07, 6.45) is 3.12. The number of aryl methyl sites for hydroxylation is 1. The first-order chi connectivity index (χ1) is 13.1. The maximum absolute atomic E-state index is 12.7. The van der Waals surface area contributed by atoms with Crippen molar-refractivity contribution in [3.63, 3.8) is 0 Å². The van der Waals surface area contributed by atoms with Gasteiger partial charge >= 0.3 is 0 Å². The number of ether oxygens (including phenoxy) is 1. The number of hydrogen-bond acceptors (Lipinski definition) is 5. The molecule has 0 atom stereocenters. The molecule has 3 rings (SSSR count). The van der Waals surface area contributed by atoms with Gasteiger partial charge in [0.05, 0.1) is 18.6 Å². The minimum absolute atomic E-state index is 0.0893. The lowest BCUT2D eigenvalue weighted by atomic mass is 10.2. The molecule has 0 bridgehead atoms. The fourth-order valence-corrected chi connectivity index (χ4v) is 3.18. The zero-order valence-electron chi connectivity index (χ0n) is 15.0. The number of thioether (sulfide) groups is 1. The molecular weight excluding hydrogens is 362 g/mol. The molecule has 2 aromatic carbocycles. The van der Waals surface area contributed by atoms with Crippen molar-refractivity contribution >= 4 is 23.4 Å². The topological polar surface area (TPSA) is 73.2 Å². The third kappa shape index (κ3) is 4.57. The summed E-state index contributed by atoms with van der Waals surface area (Å²) >= 11 is 1.10. The molecule has 0 aliphatic carbocycles. The first kappa shape index (κ1) is 18.7. The van der Waals surface area contributed by atoms with E-state index in [0.717, 1.165) is 23.0 Å². The van der Waals surface area contributed by atoms with Gasteiger partial charge in [0.15, 0.2) is 5.03 Å². The molecule has 0 saturated carbocycles. The molecule has 0 unspecified atom stereocenters. The highest BCUT2D eigenvalue weighted by Crippen LogP contribution is 2.21. The lowest BCUT2D eigenvalue weighted by molar-refractivity contribution is -0.113. The van der Waals surface area contributed by atoms with Crippen molar-refractivity contribution in [2.24, 2.45) is 0 Å². The molecule has 27 heavy (non-hydrogen) atoms. The third-order valence-corrected chi connectivity index (χ3v) is 4.79. The molecule has 1 heterocycles. The molecule has 0 spiro atoms. The monoisotopic (exact) mass is 381 g/mol. The van der Waals surface area contributed by atoms with Crippen molar-refractivity contribution in [2.75, 3.05) is 18.2 Å². The molecule has 1 amide bonds. The Balaban J connectivity index is 1.73. The van der Waals surface area contributed by atoms with Gasteiger partial charge < -0.3 is 10.1 Å². The second-order valence-corrected chi connectivity index (χ2v) is 6.75. The van der Waals surface area contributed by atoms with Crippen molar-refractivity contribution in [2.45, 2.75) is 11.9 Å². The highest BCUT2D eigenvalue weighted by Gasteiger charge is 2.12. The first-order valence-electron chi connectivity index (χ1n) is 8.29. The minimum Gasteiger partial charge on any atom is -0.495 e. The summed E-state index contributed by atoms with van der Waals surface area (Å²) in [7, 11) is 1.55. The number of rotatable bonds is 6. The van der Waals surface area contributed by atoms with Crippen LogP contribution in [-0.4, -0.2) is 28.3 Å². The van der Waals surface area contributed by atoms with Gasteiger partial charge in [0.1, 0.15) is 5.75 Å². The van der Waals surface area contributed by atoms with Gasteiger partial charge in [0.2, 0.25) is 5.91 Å². The Labute approximate surface area is 161 Å². The molecule has 0 fully saturated rings. The normalized spacial score (nSPS) is 10.4. The number of aromatic nitrogens is 2. The molecule has 6 nitrogen and oxygen atoms in total. The van der Waals surface area contributed by atoms with Crippen molar-refractivity contribution < 1.29 is 9.53 Å². The Bertz CT molecular complexity index is 1000. The van der Waals surface area contributed by atoms with Crippen LogP contribution in [0.5, 0.6) is 5.75 Å². The van der Waals surface area contributed by atoms with Gasteiger partial charge in [-0.25, -0.2) is 4.98 Å². The van der Waals surface area contributed by atoms with Gasteiger partial charge in [-0.2, -0.15) is 0 Å². The van der Waals surface area contributed by atoms with Gasteiger partial charge in [0, 0.05) is 18.1 Å². The van der Waals surface area contributed by atoms with Crippen LogP contribution in [0.2, 0.25) is 0 Å². The van der Waals surface area contributed by atoms with Crippen LogP contribution in [0.1, 0.15) is 5.56 Å². The fraction of sp³-hybridized carbons (Fsp3) is 0.150. The summed E-state index contributed by atoms with van der Waals surface area (Å²) in [6, 6.07) is 14.8. The van der Waals surface area contributed by atoms with Crippen molar-refractivity contribution in [3.05, 3.63) is 76.8 Å². The molecule has 1 aromatic heterocycles. The van der Waals surface area contributed by atoms with Crippen LogP contribution in [0.3, 0.4) is 0 Å². The molecule has 0 aliphatic rings. The zero-order valence-corrected chi connectivity index (χ0v) is 15.8. The number of anilines is 1. The highest BCUT2D eigenvalue weighted by atomic mass is 32.2. The van der Waals surface area contributed by atoms with E-state index in [4.69, 9.17) is 4.74 Å². The number of nitrogens with zero attached hydrogens (tertiary/aromatic N) is 2. The maximum Gasteiger partial charge on any atom is 0.287 e. The number of para-hydroxylation sites is 2. The Morgan fingerprint density at radius 1 is 1.19 bits per heavy atom. The zero-order chi connectivity index (χ0) is 19.2. The van der Waals surface area contributed by atoms with Crippen LogP contribution in [0.15, 0.2) is 70.7 Å². The van der Waals surface area contributed by atoms with Crippen LogP contribution in [0.25, 0.3) is 5.69 Å². The van der Waals surface area contributed by atoms with Gasteiger partial charge in [-0.3, -0.25) is 14.2 Å². The molecule has 0 saturated heterocycles. The summed E-state index contributed by atoms with van der Waals surface area (Å²) in [5, 5.41) is 3.06. The standard InChI is InChI=1S/C20H19N3O3S/c1-14-7-9-15(10-8-14)22-18(24)13-27-19-20(25)23(12-11-21-19)16-5-3-4-6-17(16)26-2/h3-12H,13H2,1-2H3,(H,22,24). The first-order valence-corrected chi connectivity index (χ1v) is 9.27. The quantitative estimate of drug-likeness (QED) is 0.664. The second kappa shape index (κ2) is 8.55. The maximum atomic E-state index is 12.7. The molecular formula is C20H19N3O3S. The van der Waals surface area contributed by atoms with E-state index < -0.39 is 0 Å². The second-order valence-electron chi connectivity index (χ2n) is 5.78. The van der Waals surface area contributed by atoms with E-state index in [1.165, 1.54) is 10.8 Å². The third-order valence-electron chi connectivity index (χ3n) is 3.83. The van der Waals surface area contributed by atoms with Crippen LogP contribution >= 0.6 is 11.8 Å². The number of methoxy groups -OCH3 is 1. The van der Waals surface area contributed by atoms with E-state index >= 15 is 0 Å². The van der Waals surface area contributed by atoms with Gasteiger partial charge in [-0.05, 0) is 31.2 Å². The summed E-state index contributed by atoms with van der Waals surface area (Å²) < 4.78 is 6.78. The minimum atomic E-state index is -0.296. The number of nitrogens with one attached hydrogen (secondary N) is 1. The number of amides is 1. The predicted octanol–water partition coefficient (Wildman–Crippen LogP) is 3.28. The van der Waals surface area contributed by atoms with E-state index in [2.05, 4.69) is 10.3 Å². The molecule has 1 N–H and O–H groups in total. The molecule has 0 radical (unpaired) electrons. The highest BCUT2D eigenvalue weighted by molar-refractivity contribution is 7.99. The molecule has 138 valence electrons. The lowest BCUT2D eigenvalue weighted by Crippen LogP contribution is -2.22. The summed E-state index contributed by atoms with van der Waals surface area (Å²) in [4.78, 5) is 29.0. The average Bonchev–Trinajstić information content (AvgIpc) is 2.69. The Kier molecular flexibility index (Phi) is 5.93.